The summed E-state index contributed by atoms with van der Waals surface area (Å²) in [6.07, 6.45) is 1.75. The van der Waals surface area contributed by atoms with Gasteiger partial charge < -0.3 is 14.2 Å². The lowest BCUT2D eigenvalue weighted by Crippen LogP contribution is -2.47. The van der Waals surface area contributed by atoms with Crippen LogP contribution in [-0.4, -0.2) is 26.3 Å². The van der Waals surface area contributed by atoms with Gasteiger partial charge in [0.25, 0.3) is 5.91 Å². The summed E-state index contributed by atoms with van der Waals surface area (Å²) in [5, 5.41) is 0. The molecular formula is C20H19NO4. The fourth-order valence-corrected chi connectivity index (χ4v) is 3.33. The van der Waals surface area contributed by atoms with Gasteiger partial charge in [0.2, 0.25) is 0 Å². The van der Waals surface area contributed by atoms with E-state index < -0.39 is 11.9 Å². The molecule has 2 aliphatic heterocycles. The van der Waals surface area contributed by atoms with Crippen molar-refractivity contribution >= 4 is 17.2 Å². The Morgan fingerprint density at radius 1 is 1.08 bits per heavy atom. The van der Waals surface area contributed by atoms with Crippen molar-refractivity contribution in [2.45, 2.75) is 12.8 Å². The second-order valence-electron chi connectivity index (χ2n) is 6.06. The van der Waals surface area contributed by atoms with Crippen molar-refractivity contribution < 1.29 is 19.0 Å². The van der Waals surface area contributed by atoms with Crippen molar-refractivity contribution in [2.24, 2.45) is 0 Å². The maximum absolute atomic E-state index is 12.4. The third-order valence-corrected chi connectivity index (χ3v) is 4.53. The molecule has 25 heavy (non-hydrogen) atoms. The normalized spacial score (nSPS) is 18.0. The first-order chi connectivity index (χ1) is 12.2. The molecule has 0 aliphatic carbocycles. The first-order valence-electron chi connectivity index (χ1n) is 8.19. The summed E-state index contributed by atoms with van der Waals surface area (Å²) < 4.78 is 17.1. The average molecular weight is 337 g/mol. The molecule has 0 bridgehead atoms. The predicted octanol–water partition coefficient (Wildman–Crippen LogP) is 3.19. The molecule has 2 aliphatic rings. The van der Waals surface area contributed by atoms with Crippen LogP contribution in [0.3, 0.4) is 0 Å². The van der Waals surface area contributed by atoms with Crippen LogP contribution in [-0.2, 0) is 24.9 Å². The van der Waals surface area contributed by atoms with Crippen molar-refractivity contribution in [2.75, 3.05) is 25.2 Å². The molecule has 1 saturated heterocycles. The number of nitrogens with zero attached hydrogens (tertiary/aromatic N) is 1. The van der Waals surface area contributed by atoms with E-state index in [1.54, 1.807) is 6.20 Å². The summed E-state index contributed by atoms with van der Waals surface area (Å²) in [5.41, 5.74) is 4.07. The number of benzene rings is 2. The molecule has 1 spiro atoms. The molecule has 2 aromatic rings. The number of methoxy groups -OCH3 is 1. The highest BCUT2D eigenvalue weighted by Crippen LogP contribution is 2.45. The quantitative estimate of drug-likeness (QED) is 0.788. The van der Waals surface area contributed by atoms with Crippen LogP contribution in [0.4, 0.5) is 5.69 Å². The largest absolute Gasteiger partial charge is 0.465 e. The first-order valence-corrected chi connectivity index (χ1v) is 8.19. The Bertz CT molecular complexity index is 835. The molecule has 0 atom stereocenters. The molecule has 1 fully saturated rings. The van der Waals surface area contributed by atoms with Crippen molar-refractivity contribution in [1.82, 2.24) is 0 Å². The smallest absolute Gasteiger partial charge is 0.339 e. The van der Waals surface area contributed by atoms with E-state index in [0.717, 1.165) is 22.4 Å². The van der Waals surface area contributed by atoms with Gasteiger partial charge in [-0.15, -0.1) is 0 Å². The minimum Gasteiger partial charge on any atom is -0.465 e. The van der Waals surface area contributed by atoms with Gasteiger partial charge in [0.1, 0.15) is 0 Å². The van der Waals surface area contributed by atoms with Gasteiger partial charge in [-0.2, -0.15) is 0 Å². The highest BCUT2D eigenvalue weighted by molar-refractivity contribution is 6.18. The highest BCUT2D eigenvalue weighted by atomic mass is 16.8. The summed E-state index contributed by atoms with van der Waals surface area (Å²) in [4.78, 5) is 14.2. The van der Waals surface area contributed by atoms with Gasteiger partial charge >= 0.3 is 5.97 Å². The number of aryl methyl sites for hydroxylation is 1. The lowest BCUT2D eigenvalue weighted by atomic mass is 9.93. The molecule has 0 saturated carbocycles. The van der Waals surface area contributed by atoms with Crippen LogP contribution in [0.2, 0.25) is 0 Å². The van der Waals surface area contributed by atoms with Gasteiger partial charge in [-0.05, 0) is 19.1 Å². The summed E-state index contributed by atoms with van der Waals surface area (Å²) >= 11 is 0. The third-order valence-electron chi connectivity index (χ3n) is 4.53. The minimum atomic E-state index is -1.07. The Morgan fingerprint density at radius 3 is 2.44 bits per heavy atom. The number of hydrogen-bond acceptors (Lipinski definition) is 5. The SMILES string of the molecule is COC(=O)C1=CN(c2ccc(C)cc2)C2(OCCO2)c2ccccc21. The van der Waals surface area contributed by atoms with E-state index in [1.165, 1.54) is 7.11 Å². The maximum atomic E-state index is 12.4. The highest BCUT2D eigenvalue weighted by Gasteiger charge is 2.49. The molecule has 0 amide bonds. The van der Waals surface area contributed by atoms with Gasteiger partial charge in [0.05, 0.1) is 25.9 Å². The summed E-state index contributed by atoms with van der Waals surface area (Å²) in [6, 6.07) is 15.6. The predicted molar refractivity (Wildman–Crippen MR) is 93.7 cm³/mol. The molecule has 0 unspecified atom stereocenters. The van der Waals surface area contributed by atoms with Gasteiger partial charge in [-0.25, -0.2) is 4.79 Å². The van der Waals surface area contributed by atoms with Gasteiger partial charge in [0.15, 0.2) is 0 Å². The van der Waals surface area contributed by atoms with Crippen LogP contribution in [0.5, 0.6) is 0 Å². The number of fused-ring (bicyclic) bond motifs is 2. The van der Waals surface area contributed by atoms with Crippen LogP contribution < -0.4 is 4.90 Å². The van der Waals surface area contributed by atoms with E-state index in [4.69, 9.17) is 14.2 Å². The summed E-state index contributed by atoms with van der Waals surface area (Å²) in [7, 11) is 1.38. The molecule has 128 valence electrons. The standard InChI is InChI=1S/C20H19NO4/c1-14-7-9-15(10-8-14)21-13-17(19(22)23-2)16-5-3-4-6-18(16)20(21)24-11-12-25-20/h3-10,13H,11-12H2,1-2H3. The summed E-state index contributed by atoms with van der Waals surface area (Å²) in [6.45, 7) is 3.00. The fourth-order valence-electron chi connectivity index (χ4n) is 3.33. The zero-order chi connectivity index (χ0) is 17.4. The lowest BCUT2D eigenvalue weighted by Gasteiger charge is -2.42. The van der Waals surface area contributed by atoms with Crippen molar-refractivity contribution in [3.63, 3.8) is 0 Å². The molecule has 0 aromatic heterocycles. The van der Waals surface area contributed by atoms with Crippen LogP contribution in [0.25, 0.3) is 5.57 Å². The zero-order valence-corrected chi connectivity index (χ0v) is 14.2. The zero-order valence-electron chi connectivity index (χ0n) is 14.2. The molecule has 2 heterocycles. The first kappa shape index (κ1) is 15.9. The number of hydrogen-bond donors (Lipinski definition) is 0. The minimum absolute atomic E-state index is 0.391. The Hall–Kier alpha value is -2.63. The topological polar surface area (TPSA) is 48.0 Å². The fraction of sp³-hybridized carbons (Fsp3) is 0.250. The van der Waals surface area contributed by atoms with E-state index in [2.05, 4.69) is 0 Å². The van der Waals surface area contributed by atoms with Gasteiger partial charge in [-0.3, -0.25) is 4.90 Å². The van der Waals surface area contributed by atoms with Crippen LogP contribution in [0, 0.1) is 6.92 Å². The number of carbonyl (C=O) groups is 1. The van der Waals surface area contributed by atoms with Crippen LogP contribution >= 0.6 is 0 Å². The maximum Gasteiger partial charge on any atom is 0.339 e. The van der Waals surface area contributed by atoms with E-state index >= 15 is 0 Å². The summed E-state index contributed by atoms with van der Waals surface area (Å²) in [5.74, 6) is -1.46. The molecule has 0 N–H and O–H groups in total. The van der Waals surface area contributed by atoms with Gasteiger partial charge in [0, 0.05) is 23.0 Å². The number of esters is 1. The number of ether oxygens (including phenoxy) is 3. The molecule has 5 nitrogen and oxygen atoms in total. The second-order valence-corrected chi connectivity index (χ2v) is 6.06. The lowest BCUT2D eigenvalue weighted by molar-refractivity contribution is -0.161. The average Bonchev–Trinajstić information content (AvgIpc) is 3.13. The van der Waals surface area contributed by atoms with E-state index in [9.17, 15) is 4.79 Å². The van der Waals surface area contributed by atoms with Crippen molar-refractivity contribution in [1.29, 1.82) is 0 Å². The molecule has 4 rings (SSSR count). The van der Waals surface area contributed by atoms with Crippen molar-refractivity contribution in [3.05, 3.63) is 71.4 Å². The van der Waals surface area contributed by atoms with Crippen LogP contribution in [0.1, 0.15) is 16.7 Å². The third kappa shape index (κ3) is 2.44. The monoisotopic (exact) mass is 337 g/mol. The number of anilines is 1. The molecule has 5 heteroatoms. The van der Waals surface area contributed by atoms with E-state index in [1.807, 2.05) is 60.4 Å². The Balaban J connectivity index is 1.94. The second kappa shape index (κ2) is 6.02. The Kier molecular flexibility index (Phi) is 3.82. The molecular weight excluding hydrogens is 318 g/mol. The van der Waals surface area contributed by atoms with E-state index in [-0.39, 0.29) is 0 Å². The Labute approximate surface area is 146 Å². The van der Waals surface area contributed by atoms with Gasteiger partial charge in [-0.1, -0.05) is 42.0 Å². The molecule has 2 aromatic carbocycles. The molecule has 0 radical (unpaired) electrons. The Morgan fingerprint density at radius 2 is 1.76 bits per heavy atom. The van der Waals surface area contributed by atoms with Crippen LogP contribution in [0.15, 0.2) is 54.7 Å². The van der Waals surface area contributed by atoms with E-state index in [0.29, 0.717) is 18.8 Å². The van der Waals surface area contributed by atoms with Crippen molar-refractivity contribution in [3.8, 4) is 0 Å². The number of rotatable bonds is 2. The number of carbonyl (C=O) groups excluding carboxylic acids is 1.